The summed E-state index contributed by atoms with van der Waals surface area (Å²) in [7, 11) is 1.88. The number of primary amides is 1. The summed E-state index contributed by atoms with van der Waals surface area (Å²) in [5, 5.41) is 0. The van der Waals surface area contributed by atoms with Gasteiger partial charge in [-0.2, -0.15) is 0 Å². The van der Waals surface area contributed by atoms with Gasteiger partial charge in [0.15, 0.2) is 0 Å². The quantitative estimate of drug-likeness (QED) is 0.752. The van der Waals surface area contributed by atoms with Crippen molar-refractivity contribution in [2.75, 3.05) is 46.3 Å². The van der Waals surface area contributed by atoms with Crippen LogP contribution < -0.4 is 5.73 Å². The second-order valence-corrected chi connectivity index (χ2v) is 7.98. The molecule has 27 heavy (non-hydrogen) atoms. The largest absolute Gasteiger partial charge is 0.369 e. The van der Waals surface area contributed by atoms with Crippen molar-refractivity contribution < 1.29 is 9.59 Å². The lowest BCUT2D eigenvalue weighted by atomic mass is 9.96. The number of amides is 2. The van der Waals surface area contributed by atoms with Crippen LogP contribution in [0, 0.1) is 5.92 Å². The van der Waals surface area contributed by atoms with Crippen LogP contribution in [0.3, 0.4) is 0 Å². The number of aromatic nitrogens is 1. The molecule has 2 aliphatic rings. The smallest absolute Gasteiger partial charge is 0.270 e. The fourth-order valence-electron chi connectivity index (χ4n) is 4.06. The molecule has 0 spiro atoms. The number of rotatable bonds is 7. The molecule has 0 saturated carbocycles. The Bertz CT molecular complexity index is 630. The summed E-state index contributed by atoms with van der Waals surface area (Å²) < 4.78 is 0. The average Bonchev–Trinajstić information content (AvgIpc) is 3.15. The summed E-state index contributed by atoms with van der Waals surface area (Å²) >= 11 is 0. The lowest BCUT2D eigenvalue weighted by Crippen LogP contribution is -2.39. The van der Waals surface area contributed by atoms with Crippen molar-refractivity contribution in [1.82, 2.24) is 19.7 Å². The van der Waals surface area contributed by atoms with E-state index in [2.05, 4.69) is 14.8 Å². The molecule has 3 heterocycles. The number of likely N-dealkylation sites (N-methyl/N-ethyl adjacent to an activating group) is 1. The van der Waals surface area contributed by atoms with Gasteiger partial charge in [0.1, 0.15) is 5.69 Å². The number of hydrogen-bond acceptors (Lipinski definition) is 4. The number of nitrogens with two attached hydrogens (primary N) is 1. The molecule has 0 unspecified atom stereocenters. The maximum Gasteiger partial charge on any atom is 0.270 e. The third-order valence-corrected chi connectivity index (χ3v) is 5.91. The van der Waals surface area contributed by atoms with Gasteiger partial charge in [0, 0.05) is 38.3 Å². The molecule has 7 nitrogen and oxygen atoms in total. The Hall–Kier alpha value is -1.86. The van der Waals surface area contributed by atoms with E-state index in [4.69, 9.17) is 5.73 Å². The Kier molecular flexibility index (Phi) is 6.90. The van der Waals surface area contributed by atoms with E-state index in [1.807, 2.05) is 24.1 Å². The zero-order chi connectivity index (χ0) is 19.2. The Morgan fingerprint density at radius 2 is 1.81 bits per heavy atom. The topological polar surface area (TPSA) is 85.7 Å². The number of piperidine rings is 2. The number of carbonyl (C=O) groups excluding carboxylic acids is 2. The first kappa shape index (κ1) is 19.9. The maximum atomic E-state index is 12.7. The van der Waals surface area contributed by atoms with Gasteiger partial charge in [-0.1, -0.05) is 6.42 Å². The molecule has 2 amide bonds. The van der Waals surface area contributed by atoms with E-state index in [9.17, 15) is 9.59 Å². The first-order valence-electron chi connectivity index (χ1n) is 10.2. The maximum absolute atomic E-state index is 12.7. The van der Waals surface area contributed by atoms with Crippen molar-refractivity contribution in [3.8, 4) is 0 Å². The van der Waals surface area contributed by atoms with E-state index >= 15 is 0 Å². The van der Waals surface area contributed by atoms with Crippen LogP contribution in [-0.4, -0.2) is 77.8 Å². The molecule has 7 heteroatoms. The Labute approximate surface area is 161 Å². The highest BCUT2D eigenvalue weighted by atomic mass is 16.2. The van der Waals surface area contributed by atoms with Crippen molar-refractivity contribution in [3.05, 3.63) is 23.5 Å². The molecule has 2 aliphatic heterocycles. The minimum absolute atomic E-state index is 0.00980. The standard InChI is InChI=1S/C20H33N5O2/c1-23(13-14-24-9-3-2-4-10-24)20(27)18-6-5-17(22-18)15-25-11-7-16(8-12-25)19(21)26/h5-6,16,22H,2-4,7-15H2,1H3,(H2,21,26). The normalized spacial score (nSPS) is 19.9. The Morgan fingerprint density at radius 1 is 1.11 bits per heavy atom. The van der Waals surface area contributed by atoms with Crippen LogP contribution in [0.2, 0.25) is 0 Å². The number of nitrogens with one attached hydrogen (secondary N) is 1. The van der Waals surface area contributed by atoms with Crippen molar-refractivity contribution in [2.45, 2.75) is 38.6 Å². The molecule has 0 atom stereocenters. The molecule has 3 N–H and O–H groups in total. The van der Waals surface area contributed by atoms with E-state index in [1.54, 1.807) is 0 Å². The van der Waals surface area contributed by atoms with Gasteiger partial charge in [-0.15, -0.1) is 0 Å². The lowest BCUT2D eigenvalue weighted by Gasteiger charge is -2.30. The minimum Gasteiger partial charge on any atom is -0.369 e. The molecule has 1 aromatic rings. The molecule has 0 bridgehead atoms. The van der Waals surface area contributed by atoms with Gasteiger partial charge in [-0.05, 0) is 64.0 Å². The van der Waals surface area contributed by atoms with Crippen molar-refractivity contribution in [3.63, 3.8) is 0 Å². The highest BCUT2D eigenvalue weighted by Crippen LogP contribution is 2.18. The van der Waals surface area contributed by atoms with E-state index in [0.29, 0.717) is 5.69 Å². The average molecular weight is 376 g/mol. The number of likely N-dealkylation sites (tertiary alicyclic amines) is 2. The fourth-order valence-corrected chi connectivity index (χ4v) is 4.06. The van der Waals surface area contributed by atoms with Gasteiger partial charge >= 0.3 is 0 Å². The SMILES string of the molecule is CN(CCN1CCCCC1)C(=O)c1ccc(CN2CCC(C(N)=O)CC2)[nH]1. The molecular weight excluding hydrogens is 342 g/mol. The predicted molar refractivity (Wildman–Crippen MR) is 105 cm³/mol. The van der Waals surface area contributed by atoms with Gasteiger partial charge < -0.3 is 20.5 Å². The van der Waals surface area contributed by atoms with E-state index in [0.717, 1.165) is 64.3 Å². The number of H-pyrrole nitrogens is 1. The highest BCUT2D eigenvalue weighted by molar-refractivity contribution is 5.92. The number of carbonyl (C=O) groups is 2. The number of nitrogens with zero attached hydrogens (tertiary/aromatic N) is 3. The van der Waals surface area contributed by atoms with Crippen LogP contribution in [0.4, 0.5) is 0 Å². The molecule has 150 valence electrons. The van der Waals surface area contributed by atoms with Crippen molar-refractivity contribution in [1.29, 1.82) is 0 Å². The molecule has 1 aromatic heterocycles. The van der Waals surface area contributed by atoms with E-state index in [-0.39, 0.29) is 17.7 Å². The summed E-state index contributed by atoms with van der Waals surface area (Å²) in [4.78, 5) is 33.8. The molecule has 2 saturated heterocycles. The molecular formula is C20H33N5O2. The van der Waals surface area contributed by atoms with Crippen molar-refractivity contribution >= 4 is 11.8 Å². The molecule has 2 fully saturated rings. The van der Waals surface area contributed by atoms with Crippen LogP contribution in [0.15, 0.2) is 12.1 Å². The van der Waals surface area contributed by atoms with Crippen LogP contribution in [0.25, 0.3) is 0 Å². The van der Waals surface area contributed by atoms with Crippen LogP contribution in [0.5, 0.6) is 0 Å². The summed E-state index contributed by atoms with van der Waals surface area (Å²) in [5.74, 6) is -0.128. The van der Waals surface area contributed by atoms with Gasteiger partial charge in [-0.3, -0.25) is 14.5 Å². The predicted octanol–water partition coefficient (Wildman–Crippen LogP) is 1.27. The summed E-state index contributed by atoms with van der Waals surface area (Å²) in [6, 6.07) is 3.87. The van der Waals surface area contributed by atoms with Crippen LogP contribution in [0.1, 0.15) is 48.3 Å². The first-order valence-corrected chi connectivity index (χ1v) is 10.2. The Morgan fingerprint density at radius 3 is 2.48 bits per heavy atom. The summed E-state index contributed by atoms with van der Waals surface area (Å²) in [5.41, 5.74) is 7.09. The van der Waals surface area contributed by atoms with Crippen LogP contribution in [-0.2, 0) is 11.3 Å². The molecule has 0 aromatic carbocycles. The van der Waals surface area contributed by atoms with Crippen molar-refractivity contribution in [2.24, 2.45) is 11.7 Å². The molecule has 0 radical (unpaired) electrons. The first-order chi connectivity index (χ1) is 13.0. The summed E-state index contributed by atoms with van der Waals surface area (Å²) in [6.45, 7) is 6.52. The zero-order valence-corrected chi connectivity index (χ0v) is 16.5. The van der Waals surface area contributed by atoms with E-state index in [1.165, 1.54) is 19.3 Å². The van der Waals surface area contributed by atoms with Gasteiger partial charge in [0.05, 0.1) is 0 Å². The molecule has 3 rings (SSSR count). The Balaban J connectivity index is 1.45. The third-order valence-electron chi connectivity index (χ3n) is 5.91. The second kappa shape index (κ2) is 9.37. The van der Waals surface area contributed by atoms with Gasteiger partial charge in [-0.25, -0.2) is 0 Å². The second-order valence-electron chi connectivity index (χ2n) is 7.98. The van der Waals surface area contributed by atoms with Gasteiger partial charge in [0.25, 0.3) is 5.91 Å². The third kappa shape index (κ3) is 5.56. The molecule has 0 aliphatic carbocycles. The number of aromatic amines is 1. The minimum atomic E-state index is -0.185. The lowest BCUT2D eigenvalue weighted by molar-refractivity contribution is -0.123. The van der Waals surface area contributed by atoms with Crippen LogP contribution >= 0.6 is 0 Å². The monoisotopic (exact) mass is 375 g/mol. The van der Waals surface area contributed by atoms with E-state index < -0.39 is 0 Å². The summed E-state index contributed by atoms with van der Waals surface area (Å²) in [6.07, 6.45) is 5.52. The zero-order valence-electron chi connectivity index (χ0n) is 16.5. The fraction of sp³-hybridized carbons (Fsp3) is 0.700. The van der Waals surface area contributed by atoms with Gasteiger partial charge in [0.2, 0.25) is 5.91 Å². The highest BCUT2D eigenvalue weighted by Gasteiger charge is 2.23. The number of hydrogen-bond donors (Lipinski definition) is 2.